The maximum absolute atomic E-state index is 9.31. The van der Waals surface area contributed by atoms with Crippen LogP contribution in [0.5, 0.6) is 0 Å². The second-order valence-electron chi connectivity index (χ2n) is 3.11. The Balaban J connectivity index is 2.16. The Bertz CT molecular complexity index is 107. The molecule has 3 heteroatoms. The molecule has 2 N–H and O–H groups in total. The second kappa shape index (κ2) is 2.86. The molecule has 0 aliphatic heterocycles. The van der Waals surface area contributed by atoms with E-state index < -0.39 is 5.60 Å². The van der Waals surface area contributed by atoms with Crippen molar-refractivity contribution >= 4 is 0 Å². The maximum Gasteiger partial charge on any atom is 0.0884 e. The summed E-state index contributed by atoms with van der Waals surface area (Å²) in [5.74, 6) is 0.446. The summed E-state index contributed by atoms with van der Waals surface area (Å²) in [5.41, 5.74) is -0.788. The lowest BCUT2D eigenvalue weighted by Crippen LogP contribution is -2.48. The van der Waals surface area contributed by atoms with Crippen molar-refractivity contribution < 1.29 is 14.9 Å². The van der Waals surface area contributed by atoms with E-state index in [0.29, 0.717) is 25.4 Å². The highest BCUT2D eigenvalue weighted by Crippen LogP contribution is 2.37. The summed E-state index contributed by atoms with van der Waals surface area (Å²) in [5, 5.41) is 18.0. The van der Waals surface area contributed by atoms with Gasteiger partial charge in [-0.2, -0.15) is 0 Å². The fourth-order valence-electron chi connectivity index (χ4n) is 1.50. The van der Waals surface area contributed by atoms with E-state index in [1.807, 2.05) is 0 Å². The molecule has 1 saturated carbocycles. The SMILES string of the molecule is COCC1CC(O)(CO)C1. The lowest BCUT2D eigenvalue weighted by Gasteiger charge is -2.41. The van der Waals surface area contributed by atoms with E-state index in [4.69, 9.17) is 9.84 Å². The molecule has 0 unspecified atom stereocenters. The lowest BCUT2D eigenvalue weighted by molar-refractivity contribution is -0.120. The van der Waals surface area contributed by atoms with Gasteiger partial charge in [-0.25, -0.2) is 0 Å². The van der Waals surface area contributed by atoms with Crippen molar-refractivity contribution in [3.05, 3.63) is 0 Å². The molecule has 0 aromatic rings. The Kier molecular flexibility index (Phi) is 2.28. The number of ether oxygens (including phenoxy) is 1. The highest BCUT2D eigenvalue weighted by molar-refractivity contribution is 4.93. The third-order valence-corrected chi connectivity index (χ3v) is 2.03. The Morgan fingerprint density at radius 3 is 2.60 bits per heavy atom. The molecule has 0 saturated heterocycles. The van der Waals surface area contributed by atoms with Crippen LogP contribution in [0.25, 0.3) is 0 Å². The number of hydrogen-bond acceptors (Lipinski definition) is 3. The number of rotatable bonds is 3. The standard InChI is InChI=1S/C7H14O3/c1-10-4-6-2-7(9,3-6)5-8/h6,8-9H,2-5H2,1H3. The van der Waals surface area contributed by atoms with Crippen LogP contribution in [0.2, 0.25) is 0 Å². The van der Waals surface area contributed by atoms with Gasteiger partial charge < -0.3 is 14.9 Å². The largest absolute Gasteiger partial charge is 0.393 e. The molecule has 1 fully saturated rings. The van der Waals surface area contributed by atoms with E-state index >= 15 is 0 Å². The highest BCUT2D eigenvalue weighted by atomic mass is 16.5. The van der Waals surface area contributed by atoms with Crippen molar-refractivity contribution in [2.75, 3.05) is 20.3 Å². The molecule has 0 amide bonds. The van der Waals surface area contributed by atoms with Crippen LogP contribution in [-0.2, 0) is 4.74 Å². The summed E-state index contributed by atoms with van der Waals surface area (Å²) in [6, 6.07) is 0. The highest BCUT2D eigenvalue weighted by Gasteiger charge is 2.41. The molecule has 0 spiro atoms. The van der Waals surface area contributed by atoms with Gasteiger partial charge in [0.1, 0.15) is 0 Å². The molecule has 0 radical (unpaired) electrons. The van der Waals surface area contributed by atoms with E-state index in [0.717, 1.165) is 0 Å². The topological polar surface area (TPSA) is 49.7 Å². The Hall–Kier alpha value is -0.120. The smallest absolute Gasteiger partial charge is 0.0884 e. The van der Waals surface area contributed by atoms with Gasteiger partial charge in [0.05, 0.1) is 12.2 Å². The van der Waals surface area contributed by atoms with E-state index in [2.05, 4.69) is 0 Å². The van der Waals surface area contributed by atoms with Gasteiger partial charge >= 0.3 is 0 Å². The summed E-state index contributed by atoms with van der Waals surface area (Å²) in [6.07, 6.45) is 1.36. The average Bonchev–Trinajstić information content (AvgIpc) is 1.85. The van der Waals surface area contributed by atoms with Crippen LogP contribution in [0.3, 0.4) is 0 Å². The van der Waals surface area contributed by atoms with Crippen molar-refractivity contribution in [2.45, 2.75) is 18.4 Å². The minimum absolute atomic E-state index is 0.118. The van der Waals surface area contributed by atoms with Crippen molar-refractivity contribution in [1.29, 1.82) is 0 Å². The van der Waals surface area contributed by atoms with Crippen molar-refractivity contribution in [2.24, 2.45) is 5.92 Å². The number of aliphatic hydroxyl groups excluding tert-OH is 1. The first-order chi connectivity index (χ1) is 4.70. The lowest BCUT2D eigenvalue weighted by atomic mass is 9.72. The van der Waals surface area contributed by atoms with Gasteiger partial charge in [0, 0.05) is 13.7 Å². The minimum Gasteiger partial charge on any atom is -0.393 e. The summed E-state index contributed by atoms with van der Waals surface area (Å²) in [6.45, 7) is 0.579. The van der Waals surface area contributed by atoms with Crippen LogP contribution in [0.1, 0.15) is 12.8 Å². The van der Waals surface area contributed by atoms with E-state index in [-0.39, 0.29) is 6.61 Å². The maximum atomic E-state index is 9.31. The van der Waals surface area contributed by atoms with Gasteiger partial charge in [0.25, 0.3) is 0 Å². The summed E-state index contributed by atoms with van der Waals surface area (Å²) in [4.78, 5) is 0. The van der Waals surface area contributed by atoms with Gasteiger partial charge in [0.15, 0.2) is 0 Å². The average molecular weight is 146 g/mol. The fraction of sp³-hybridized carbons (Fsp3) is 1.00. The quantitative estimate of drug-likeness (QED) is 0.578. The van der Waals surface area contributed by atoms with Crippen LogP contribution in [0.15, 0.2) is 0 Å². The minimum atomic E-state index is -0.788. The first-order valence-electron chi connectivity index (χ1n) is 3.52. The number of aliphatic hydroxyl groups is 2. The molecule has 0 atom stereocenters. The first kappa shape index (κ1) is 7.98. The number of methoxy groups -OCH3 is 1. The molecule has 0 bridgehead atoms. The Morgan fingerprint density at radius 2 is 2.20 bits per heavy atom. The van der Waals surface area contributed by atoms with E-state index in [9.17, 15) is 5.11 Å². The molecule has 0 aromatic heterocycles. The molecule has 60 valence electrons. The van der Waals surface area contributed by atoms with Crippen LogP contribution in [-0.4, -0.2) is 36.1 Å². The molecule has 1 aliphatic rings. The third kappa shape index (κ3) is 1.48. The zero-order chi connectivity index (χ0) is 7.61. The van der Waals surface area contributed by atoms with Gasteiger partial charge in [-0.15, -0.1) is 0 Å². The number of hydrogen-bond donors (Lipinski definition) is 2. The van der Waals surface area contributed by atoms with Gasteiger partial charge in [-0.1, -0.05) is 0 Å². The van der Waals surface area contributed by atoms with E-state index in [1.165, 1.54) is 0 Å². The van der Waals surface area contributed by atoms with Crippen LogP contribution in [0.4, 0.5) is 0 Å². The normalized spacial score (nSPS) is 39.3. The molecular formula is C7H14O3. The van der Waals surface area contributed by atoms with Gasteiger partial charge in [-0.3, -0.25) is 0 Å². The second-order valence-corrected chi connectivity index (χ2v) is 3.11. The monoisotopic (exact) mass is 146 g/mol. The molecule has 10 heavy (non-hydrogen) atoms. The molecule has 0 heterocycles. The molecular weight excluding hydrogens is 132 g/mol. The van der Waals surface area contributed by atoms with Crippen molar-refractivity contribution in [1.82, 2.24) is 0 Å². The van der Waals surface area contributed by atoms with Crippen molar-refractivity contribution in [3.8, 4) is 0 Å². The van der Waals surface area contributed by atoms with Crippen LogP contribution >= 0.6 is 0 Å². The van der Waals surface area contributed by atoms with E-state index in [1.54, 1.807) is 7.11 Å². The van der Waals surface area contributed by atoms with Crippen molar-refractivity contribution in [3.63, 3.8) is 0 Å². The fourth-order valence-corrected chi connectivity index (χ4v) is 1.50. The third-order valence-electron chi connectivity index (χ3n) is 2.03. The van der Waals surface area contributed by atoms with Gasteiger partial charge in [0.2, 0.25) is 0 Å². The zero-order valence-corrected chi connectivity index (χ0v) is 6.21. The Morgan fingerprint density at radius 1 is 1.60 bits per heavy atom. The van der Waals surface area contributed by atoms with Crippen LogP contribution < -0.4 is 0 Å². The van der Waals surface area contributed by atoms with Gasteiger partial charge in [-0.05, 0) is 18.8 Å². The molecule has 1 aliphatic carbocycles. The molecule has 1 rings (SSSR count). The molecule has 3 nitrogen and oxygen atoms in total. The van der Waals surface area contributed by atoms with Crippen LogP contribution in [0, 0.1) is 5.92 Å². The molecule has 0 aromatic carbocycles. The Labute approximate surface area is 60.6 Å². The summed E-state index contributed by atoms with van der Waals surface area (Å²) < 4.78 is 4.89. The zero-order valence-electron chi connectivity index (χ0n) is 6.21. The first-order valence-corrected chi connectivity index (χ1v) is 3.52. The summed E-state index contributed by atoms with van der Waals surface area (Å²) >= 11 is 0. The summed E-state index contributed by atoms with van der Waals surface area (Å²) in [7, 11) is 1.65. The predicted octanol–water partition coefficient (Wildman–Crippen LogP) is -0.234. The predicted molar refractivity (Wildman–Crippen MR) is 36.6 cm³/mol.